The van der Waals surface area contributed by atoms with Crippen molar-refractivity contribution in [3.05, 3.63) is 36.0 Å². The Morgan fingerprint density at radius 3 is 2.45 bits per heavy atom. The maximum atomic E-state index is 12.7. The van der Waals surface area contributed by atoms with E-state index in [1.165, 1.54) is 32.5 Å². The number of alkyl halides is 3. The molecule has 2 aromatic rings. The predicted octanol–water partition coefficient (Wildman–Crippen LogP) is 3.18. The lowest BCUT2D eigenvalue weighted by atomic mass is 10.1. The van der Waals surface area contributed by atoms with E-state index in [9.17, 15) is 13.2 Å². The van der Waals surface area contributed by atoms with E-state index in [4.69, 9.17) is 9.47 Å². The first-order valence-corrected chi connectivity index (χ1v) is 5.58. The highest BCUT2D eigenvalue weighted by Gasteiger charge is 2.30. The molecule has 0 saturated heterocycles. The third kappa shape index (κ3) is 2.81. The Balaban J connectivity index is 2.51. The Bertz CT molecular complexity index is 615. The van der Waals surface area contributed by atoms with Gasteiger partial charge in [0.2, 0.25) is 5.88 Å². The summed E-state index contributed by atoms with van der Waals surface area (Å²) in [7, 11) is 2.76. The van der Waals surface area contributed by atoms with Crippen molar-refractivity contribution < 1.29 is 22.6 Å². The van der Waals surface area contributed by atoms with Gasteiger partial charge in [-0.15, -0.1) is 0 Å². The van der Waals surface area contributed by atoms with Crippen LogP contribution in [0.4, 0.5) is 13.2 Å². The van der Waals surface area contributed by atoms with E-state index in [2.05, 4.69) is 9.97 Å². The normalized spacial score (nSPS) is 11.2. The summed E-state index contributed by atoms with van der Waals surface area (Å²) in [6.07, 6.45) is -3.04. The first-order chi connectivity index (χ1) is 9.45. The SMILES string of the molecule is COc1ncc(-c2cccc(C(F)(F)F)c2)c(OC)n1. The Morgan fingerprint density at radius 2 is 1.85 bits per heavy atom. The van der Waals surface area contributed by atoms with Gasteiger partial charge in [0.1, 0.15) is 0 Å². The molecule has 0 bridgehead atoms. The van der Waals surface area contributed by atoms with Crippen molar-refractivity contribution in [2.45, 2.75) is 6.18 Å². The Labute approximate surface area is 113 Å². The average molecular weight is 284 g/mol. The van der Waals surface area contributed by atoms with Gasteiger partial charge in [-0.05, 0) is 17.7 Å². The van der Waals surface area contributed by atoms with Gasteiger partial charge >= 0.3 is 12.2 Å². The highest BCUT2D eigenvalue weighted by Crippen LogP contribution is 2.34. The van der Waals surface area contributed by atoms with E-state index in [1.54, 1.807) is 0 Å². The van der Waals surface area contributed by atoms with Crippen LogP contribution < -0.4 is 9.47 Å². The second-order valence-corrected chi connectivity index (χ2v) is 3.86. The summed E-state index contributed by atoms with van der Waals surface area (Å²) < 4.78 is 48.0. The first kappa shape index (κ1) is 14.1. The fourth-order valence-corrected chi connectivity index (χ4v) is 1.67. The molecule has 106 valence electrons. The molecule has 0 fully saturated rings. The second kappa shape index (κ2) is 5.36. The van der Waals surface area contributed by atoms with Crippen LogP contribution in [0.1, 0.15) is 5.56 Å². The molecule has 0 aliphatic rings. The Morgan fingerprint density at radius 1 is 1.10 bits per heavy atom. The van der Waals surface area contributed by atoms with Gasteiger partial charge in [0.15, 0.2) is 0 Å². The Hall–Kier alpha value is -2.31. The fraction of sp³-hybridized carbons (Fsp3) is 0.231. The summed E-state index contributed by atoms with van der Waals surface area (Å²) in [6.45, 7) is 0. The van der Waals surface area contributed by atoms with Gasteiger partial charge in [0.05, 0.1) is 25.3 Å². The number of rotatable bonds is 3. The van der Waals surface area contributed by atoms with Crippen LogP contribution in [0.3, 0.4) is 0 Å². The molecule has 0 amide bonds. The molecule has 1 aromatic heterocycles. The first-order valence-electron chi connectivity index (χ1n) is 5.58. The van der Waals surface area contributed by atoms with Crippen LogP contribution in [0, 0.1) is 0 Å². The molecule has 20 heavy (non-hydrogen) atoms. The summed E-state index contributed by atoms with van der Waals surface area (Å²) in [5.74, 6) is 0.149. The molecule has 0 N–H and O–H groups in total. The molecular weight excluding hydrogens is 273 g/mol. The summed E-state index contributed by atoms with van der Waals surface area (Å²) in [6, 6.07) is 4.95. The molecular formula is C13H11F3N2O2. The van der Waals surface area contributed by atoms with Crippen molar-refractivity contribution >= 4 is 0 Å². The third-order valence-electron chi connectivity index (χ3n) is 2.61. The lowest BCUT2D eigenvalue weighted by Gasteiger charge is -2.11. The van der Waals surface area contributed by atoms with Crippen molar-refractivity contribution in [1.82, 2.24) is 9.97 Å². The quantitative estimate of drug-likeness (QED) is 0.868. The number of methoxy groups -OCH3 is 2. The highest BCUT2D eigenvalue weighted by molar-refractivity contribution is 5.68. The molecule has 0 saturated carbocycles. The smallest absolute Gasteiger partial charge is 0.416 e. The standard InChI is InChI=1S/C13H11F3N2O2/c1-19-11-10(7-17-12(18-11)20-2)8-4-3-5-9(6-8)13(14,15)16/h3-7H,1-2H3. The molecule has 0 aliphatic carbocycles. The van der Waals surface area contributed by atoms with Gasteiger partial charge in [-0.1, -0.05) is 12.1 Å². The maximum Gasteiger partial charge on any atom is 0.416 e. The van der Waals surface area contributed by atoms with Gasteiger partial charge in [-0.2, -0.15) is 18.2 Å². The van der Waals surface area contributed by atoms with Crippen LogP contribution in [0.5, 0.6) is 11.9 Å². The zero-order valence-electron chi connectivity index (χ0n) is 10.7. The zero-order valence-corrected chi connectivity index (χ0v) is 10.7. The number of nitrogens with zero attached hydrogens (tertiary/aromatic N) is 2. The number of ether oxygens (including phenoxy) is 2. The van der Waals surface area contributed by atoms with Crippen molar-refractivity contribution in [3.8, 4) is 23.0 Å². The lowest BCUT2D eigenvalue weighted by molar-refractivity contribution is -0.137. The van der Waals surface area contributed by atoms with Gasteiger partial charge in [-0.25, -0.2) is 4.98 Å². The third-order valence-corrected chi connectivity index (χ3v) is 2.61. The topological polar surface area (TPSA) is 44.2 Å². The average Bonchev–Trinajstić information content (AvgIpc) is 2.45. The van der Waals surface area contributed by atoms with Crippen molar-refractivity contribution in [1.29, 1.82) is 0 Å². The van der Waals surface area contributed by atoms with Crippen molar-refractivity contribution in [2.24, 2.45) is 0 Å². The minimum atomic E-state index is -4.41. The molecule has 0 unspecified atom stereocenters. The van der Waals surface area contributed by atoms with E-state index in [-0.39, 0.29) is 11.9 Å². The van der Waals surface area contributed by atoms with E-state index in [0.717, 1.165) is 12.1 Å². The predicted molar refractivity (Wildman–Crippen MR) is 65.6 cm³/mol. The van der Waals surface area contributed by atoms with Crippen molar-refractivity contribution in [2.75, 3.05) is 14.2 Å². The van der Waals surface area contributed by atoms with E-state index in [1.807, 2.05) is 0 Å². The van der Waals surface area contributed by atoms with Crippen LogP contribution in [-0.4, -0.2) is 24.2 Å². The molecule has 4 nitrogen and oxygen atoms in total. The fourth-order valence-electron chi connectivity index (χ4n) is 1.67. The van der Waals surface area contributed by atoms with E-state index in [0.29, 0.717) is 11.1 Å². The van der Waals surface area contributed by atoms with Crippen molar-refractivity contribution in [3.63, 3.8) is 0 Å². The monoisotopic (exact) mass is 284 g/mol. The second-order valence-electron chi connectivity index (χ2n) is 3.86. The van der Waals surface area contributed by atoms with Crippen LogP contribution in [0.2, 0.25) is 0 Å². The van der Waals surface area contributed by atoms with E-state index < -0.39 is 11.7 Å². The van der Waals surface area contributed by atoms with Crippen LogP contribution in [0.15, 0.2) is 30.5 Å². The van der Waals surface area contributed by atoms with Crippen LogP contribution in [0.25, 0.3) is 11.1 Å². The van der Waals surface area contributed by atoms with E-state index >= 15 is 0 Å². The van der Waals surface area contributed by atoms with Gasteiger partial charge in [0.25, 0.3) is 0 Å². The number of benzene rings is 1. The van der Waals surface area contributed by atoms with Gasteiger partial charge in [0, 0.05) is 6.20 Å². The maximum absolute atomic E-state index is 12.7. The summed E-state index contributed by atoms with van der Waals surface area (Å²) >= 11 is 0. The highest BCUT2D eigenvalue weighted by atomic mass is 19.4. The molecule has 0 atom stereocenters. The summed E-state index contributed by atoms with van der Waals surface area (Å²) in [5.41, 5.74) is -0.0633. The van der Waals surface area contributed by atoms with Crippen LogP contribution >= 0.6 is 0 Å². The Kier molecular flexibility index (Phi) is 3.78. The number of hydrogen-bond acceptors (Lipinski definition) is 4. The largest absolute Gasteiger partial charge is 0.480 e. The number of aromatic nitrogens is 2. The number of halogens is 3. The van der Waals surface area contributed by atoms with Gasteiger partial charge in [-0.3, -0.25) is 0 Å². The minimum absolute atomic E-state index is 0.0811. The molecule has 0 spiro atoms. The molecule has 0 aliphatic heterocycles. The molecule has 1 heterocycles. The summed E-state index contributed by atoms with van der Waals surface area (Å²) in [4.78, 5) is 7.82. The molecule has 0 radical (unpaired) electrons. The minimum Gasteiger partial charge on any atom is -0.480 e. The summed E-state index contributed by atoms with van der Waals surface area (Å²) in [5, 5.41) is 0. The number of hydrogen-bond donors (Lipinski definition) is 0. The van der Waals surface area contributed by atoms with Crippen LogP contribution in [-0.2, 0) is 6.18 Å². The molecule has 7 heteroatoms. The lowest BCUT2D eigenvalue weighted by Crippen LogP contribution is -2.05. The van der Waals surface area contributed by atoms with Gasteiger partial charge < -0.3 is 9.47 Å². The molecule has 2 rings (SSSR count). The zero-order chi connectivity index (χ0) is 14.8. The molecule has 1 aromatic carbocycles.